The van der Waals surface area contributed by atoms with Gasteiger partial charge < -0.3 is 5.32 Å². The molecule has 3 rings (SSSR count). The van der Waals surface area contributed by atoms with Gasteiger partial charge in [0.25, 0.3) is 0 Å². The van der Waals surface area contributed by atoms with Crippen LogP contribution in [-0.2, 0) is 0 Å². The number of thiophene rings is 1. The van der Waals surface area contributed by atoms with Crippen LogP contribution in [0.1, 0.15) is 22.0 Å². The Labute approximate surface area is 110 Å². The monoisotopic (exact) mass is 257 g/mol. The number of nitrogens with one attached hydrogen (secondary N) is 1. The van der Waals surface area contributed by atoms with Crippen LogP contribution in [0.4, 0.5) is 0 Å². The second kappa shape index (κ2) is 4.55. The van der Waals surface area contributed by atoms with Crippen LogP contribution in [0.15, 0.2) is 42.0 Å². The van der Waals surface area contributed by atoms with Gasteiger partial charge in [0.2, 0.25) is 0 Å². The summed E-state index contributed by atoms with van der Waals surface area (Å²) < 4.78 is 1.92. The number of pyridine rings is 1. The summed E-state index contributed by atoms with van der Waals surface area (Å²) in [7, 11) is 2.00. The Morgan fingerprint density at radius 2 is 2.22 bits per heavy atom. The predicted octanol–water partition coefficient (Wildman–Crippen LogP) is 3.01. The fourth-order valence-electron chi connectivity index (χ4n) is 2.28. The van der Waals surface area contributed by atoms with Crippen molar-refractivity contribution in [2.45, 2.75) is 13.0 Å². The average molecular weight is 257 g/mol. The van der Waals surface area contributed by atoms with Crippen LogP contribution in [0.5, 0.6) is 0 Å². The van der Waals surface area contributed by atoms with Gasteiger partial charge >= 0.3 is 0 Å². The van der Waals surface area contributed by atoms with E-state index in [9.17, 15) is 0 Å². The van der Waals surface area contributed by atoms with E-state index in [1.807, 2.05) is 30.0 Å². The standard InChI is InChI=1S/C14H15N3S/c1-10-6-8-18-14(10)13(15-2)11-9-16-17-7-4-3-5-12(11)17/h3-9,13,15H,1-2H3. The molecule has 0 amide bonds. The zero-order chi connectivity index (χ0) is 12.5. The SMILES string of the molecule is CNC(c1sccc1C)c1cnn2ccccc12. The van der Waals surface area contributed by atoms with Crippen LogP contribution < -0.4 is 5.32 Å². The van der Waals surface area contributed by atoms with E-state index in [2.05, 4.69) is 40.9 Å². The van der Waals surface area contributed by atoms with E-state index in [-0.39, 0.29) is 6.04 Å². The third kappa shape index (κ3) is 1.74. The maximum absolute atomic E-state index is 4.41. The zero-order valence-electron chi connectivity index (χ0n) is 10.4. The van der Waals surface area contributed by atoms with Crippen molar-refractivity contribution in [3.63, 3.8) is 0 Å². The molecular formula is C14H15N3S. The van der Waals surface area contributed by atoms with Crippen LogP contribution in [0.3, 0.4) is 0 Å². The van der Waals surface area contributed by atoms with E-state index in [1.54, 1.807) is 11.3 Å². The highest BCUT2D eigenvalue weighted by Gasteiger charge is 2.19. The molecule has 3 aromatic heterocycles. The summed E-state index contributed by atoms with van der Waals surface area (Å²) in [6, 6.07) is 8.53. The molecule has 0 aliphatic heterocycles. The number of nitrogens with zero attached hydrogens (tertiary/aromatic N) is 2. The molecular weight excluding hydrogens is 242 g/mol. The van der Waals surface area contributed by atoms with Gasteiger partial charge in [-0.15, -0.1) is 11.3 Å². The van der Waals surface area contributed by atoms with E-state index in [1.165, 1.54) is 16.0 Å². The van der Waals surface area contributed by atoms with E-state index >= 15 is 0 Å². The van der Waals surface area contributed by atoms with Crippen molar-refractivity contribution in [2.24, 2.45) is 0 Å². The van der Waals surface area contributed by atoms with Gasteiger partial charge in [-0.05, 0) is 43.1 Å². The van der Waals surface area contributed by atoms with Gasteiger partial charge in [-0.3, -0.25) is 0 Å². The van der Waals surface area contributed by atoms with E-state index in [0.717, 1.165) is 5.52 Å². The summed E-state index contributed by atoms with van der Waals surface area (Å²) in [5.74, 6) is 0. The lowest BCUT2D eigenvalue weighted by atomic mass is 10.0. The van der Waals surface area contributed by atoms with Gasteiger partial charge in [0.05, 0.1) is 17.8 Å². The average Bonchev–Trinajstić information content (AvgIpc) is 2.99. The highest BCUT2D eigenvalue weighted by Crippen LogP contribution is 2.31. The first-order valence-corrected chi connectivity index (χ1v) is 6.82. The minimum Gasteiger partial charge on any atom is -0.309 e. The van der Waals surface area contributed by atoms with Crippen molar-refractivity contribution < 1.29 is 0 Å². The maximum Gasteiger partial charge on any atom is 0.0713 e. The lowest BCUT2D eigenvalue weighted by molar-refractivity contribution is 0.705. The van der Waals surface area contributed by atoms with Crippen LogP contribution in [0.25, 0.3) is 5.52 Å². The topological polar surface area (TPSA) is 29.3 Å². The normalized spacial score (nSPS) is 13.0. The van der Waals surface area contributed by atoms with Crippen molar-refractivity contribution in [3.8, 4) is 0 Å². The largest absolute Gasteiger partial charge is 0.309 e. The molecule has 18 heavy (non-hydrogen) atoms. The van der Waals surface area contributed by atoms with Gasteiger partial charge in [0, 0.05) is 16.6 Å². The first kappa shape index (κ1) is 11.4. The van der Waals surface area contributed by atoms with Crippen LogP contribution in [0, 0.1) is 6.92 Å². The second-order valence-corrected chi connectivity index (χ2v) is 5.27. The molecule has 0 aliphatic carbocycles. The van der Waals surface area contributed by atoms with Gasteiger partial charge in [0.15, 0.2) is 0 Å². The molecule has 0 spiro atoms. The highest BCUT2D eigenvalue weighted by molar-refractivity contribution is 7.10. The summed E-state index contributed by atoms with van der Waals surface area (Å²) in [5.41, 5.74) is 3.71. The van der Waals surface area contributed by atoms with Crippen molar-refractivity contribution >= 4 is 16.9 Å². The number of aryl methyl sites for hydroxylation is 1. The Morgan fingerprint density at radius 3 is 2.94 bits per heavy atom. The van der Waals surface area contributed by atoms with E-state index in [4.69, 9.17) is 0 Å². The molecule has 0 saturated carbocycles. The molecule has 1 N–H and O–H groups in total. The second-order valence-electron chi connectivity index (χ2n) is 4.32. The Kier molecular flexibility index (Phi) is 2.89. The molecule has 1 unspecified atom stereocenters. The molecule has 0 radical (unpaired) electrons. The third-order valence-electron chi connectivity index (χ3n) is 3.22. The van der Waals surface area contributed by atoms with Crippen molar-refractivity contribution in [3.05, 3.63) is 58.0 Å². The maximum atomic E-state index is 4.41. The molecule has 0 fully saturated rings. The van der Waals surface area contributed by atoms with Crippen molar-refractivity contribution in [1.29, 1.82) is 0 Å². The molecule has 4 heteroatoms. The molecule has 0 bridgehead atoms. The summed E-state index contributed by atoms with van der Waals surface area (Å²) >= 11 is 1.79. The quantitative estimate of drug-likeness (QED) is 0.781. The summed E-state index contributed by atoms with van der Waals surface area (Å²) in [5, 5.41) is 9.94. The minimum atomic E-state index is 0.213. The molecule has 3 nitrogen and oxygen atoms in total. The van der Waals surface area contributed by atoms with Crippen molar-refractivity contribution in [2.75, 3.05) is 7.05 Å². The lowest BCUT2D eigenvalue weighted by Gasteiger charge is -2.14. The molecule has 3 heterocycles. The highest BCUT2D eigenvalue weighted by atomic mass is 32.1. The molecule has 0 aromatic carbocycles. The molecule has 0 saturated heterocycles. The smallest absolute Gasteiger partial charge is 0.0713 e. The van der Waals surface area contributed by atoms with Crippen LogP contribution >= 0.6 is 11.3 Å². The molecule has 3 aromatic rings. The third-order valence-corrected chi connectivity index (χ3v) is 4.30. The number of hydrogen-bond donors (Lipinski definition) is 1. The predicted molar refractivity (Wildman–Crippen MR) is 75.2 cm³/mol. The molecule has 1 atom stereocenters. The van der Waals surface area contributed by atoms with Gasteiger partial charge in [0.1, 0.15) is 0 Å². The van der Waals surface area contributed by atoms with Gasteiger partial charge in [-0.1, -0.05) is 6.07 Å². The van der Waals surface area contributed by atoms with Gasteiger partial charge in [-0.2, -0.15) is 5.10 Å². The number of fused-ring (bicyclic) bond motifs is 1. The van der Waals surface area contributed by atoms with Crippen LogP contribution in [-0.4, -0.2) is 16.7 Å². The van der Waals surface area contributed by atoms with Gasteiger partial charge in [-0.25, -0.2) is 4.52 Å². The van der Waals surface area contributed by atoms with E-state index in [0.29, 0.717) is 0 Å². The lowest BCUT2D eigenvalue weighted by Crippen LogP contribution is -2.17. The Morgan fingerprint density at radius 1 is 1.33 bits per heavy atom. The number of rotatable bonds is 3. The number of hydrogen-bond acceptors (Lipinski definition) is 3. The van der Waals surface area contributed by atoms with Crippen molar-refractivity contribution in [1.82, 2.24) is 14.9 Å². The summed E-state index contributed by atoms with van der Waals surface area (Å²) in [6.07, 6.45) is 3.93. The number of aromatic nitrogens is 2. The fourth-order valence-corrected chi connectivity index (χ4v) is 3.34. The fraction of sp³-hybridized carbons (Fsp3) is 0.214. The molecule has 0 aliphatic rings. The first-order chi connectivity index (χ1) is 8.81. The first-order valence-electron chi connectivity index (χ1n) is 5.95. The molecule has 92 valence electrons. The Hall–Kier alpha value is -1.65. The Bertz CT molecular complexity index is 668. The van der Waals surface area contributed by atoms with E-state index < -0.39 is 0 Å². The zero-order valence-corrected chi connectivity index (χ0v) is 11.2. The summed E-state index contributed by atoms with van der Waals surface area (Å²) in [4.78, 5) is 1.36. The summed E-state index contributed by atoms with van der Waals surface area (Å²) in [6.45, 7) is 2.15. The van der Waals surface area contributed by atoms with Crippen LogP contribution in [0.2, 0.25) is 0 Å². The minimum absolute atomic E-state index is 0.213. The Balaban J connectivity index is 2.15.